The number of nitrogens with one attached hydrogen (secondary N) is 2. The van der Waals surface area contributed by atoms with Gasteiger partial charge in [0.2, 0.25) is 17.7 Å². The Bertz CT molecular complexity index is 693. The molecule has 1 aliphatic rings. The van der Waals surface area contributed by atoms with E-state index in [1.54, 1.807) is 24.9 Å². The monoisotopic (exact) mass is 468 g/mol. The highest BCUT2D eigenvalue weighted by Crippen LogP contribution is 2.21. The van der Waals surface area contributed by atoms with Crippen molar-refractivity contribution in [2.75, 3.05) is 26.8 Å². The van der Waals surface area contributed by atoms with Crippen LogP contribution in [0, 0.1) is 11.8 Å². The minimum atomic E-state index is -0.659. The Morgan fingerprint density at radius 3 is 2.24 bits per heavy atom. The molecule has 0 radical (unpaired) electrons. The van der Waals surface area contributed by atoms with E-state index < -0.39 is 12.7 Å². The fourth-order valence-corrected chi connectivity index (χ4v) is 4.37. The number of likely N-dealkylation sites (tertiary alicyclic amines) is 1. The number of alkyl halides is 1. The van der Waals surface area contributed by atoms with E-state index in [0.29, 0.717) is 5.57 Å². The van der Waals surface area contributed by atoms with E-state index in [1.807, 2.05) is 27.7 Å². The summed E-state index contributed by atoms with van der Waals surface area (Å²) in [6, 6.07) is -0.957. The summed E-state index contributed by atoms with van der Waals surface area (Å²) in [5.74, 6) is -0.676. The summed E-state index contributed by atoms with van der Waals surface area (Å²) < 4.78 is 12.4. The number of carbonyl (C=O) groups excluding carboxylic acids is 3. The third-order valence-corrected chi connectivity index (χ3v) is 6.38. The van der Waals surface area contributed by atoms with Crippen molar-refractivity contribution < 1.29 is 18.8 Å². The van der Waals surface area contributed by atoms with Crippen molar-refractivity contribution in [1.82, 2.24) is 20.4 Å². The van der Waals surface area contributed by atoms with Crippen LogP contribution in [0.25, 0.3) is 0 Å². The molecule has 0 aromatic rings. The molecule has 0 aliphatic carbocycles. The van der Waals surface area contributed by atoms with Gasteiger partial charge in [0.25, 0.3) is 0 Å². The van der Waals surface area contributed by atoms with Crippen LogP contribution in [0.15, 0.2) is 11.6 Å². The molecule has 0 saturated carbocycles. The summed E-state index contributed by atoms with van der Waals surface area (Å²) >= 11 is 0. The molecule has 33 heavy (non-hydrogen) atoms. The fraction of sp³-hybridized carbons (Fsp3) is 0.800. The molecule has 3 amide bonds. The number of nitrogens with zero attached hydrogens (tertiary/aromatic N) is 2. The third-order valence-electron chi connectivity index (χ3n) is 6.38. The minimum absolute atomic E-state index is 0.0405. The molecule has 1 fully saturated rings. The van der Waals surface area contributed by atoms with Crippen LogP contribution in [0.4, 0.5) is 4.39 Å². The first-order chi connectivity index (χ1) is 15.4. The number of carbonyl (C=O) groups is 3. The first-order valence-electron chi connectivity index (χ1n) is 12.3. The molecule has 3 unspecified atom stereocenters. The number of hydrogen-bond acceptors (Lipinski definition) is 4. The molecule has 0 aromatic carbocycles. The Labute approximate surface area is 199 Å². The van der Waals surface area contributed by atoms with Crippen molar-refractivity contribution in [3.63, 3.8) is 0 Å². The largest absolute Gasteiger partial charge is 0.350 e. The zero-order valence-corrected chi connectivity index (χ0v) is 21.8. The van der Waals surface area contributed by atoms with Gasteiger partial charge in [0.1, 0.15) is 12.7 Å². The maximum atomic E-state index is 13.5. The molecule has 7 nitrogen and oxygen atoms in total. The SMILES string of the molecule is C/C(=C\C(C(C)C)N(C)C(=O)C(NC(=O)C1CCCCN1C(C)C)C(C)C)C(=O)NCCF. The Balaban J connectivity index is 3.03. The third kappa shape index (κ3) is 8.40. The smallest absolute Gasteiger partial charge is 0.246 e. The van der Waals surface area contributed by atoms with Gasteiger partial charge in [-0.1, -0.05) is 40.2 Å². The molecule has 1 saturated heterocycles. The van der Waals surface area contributed by atoms with E-state index in [-0.39, 0.29) is 54.2 Å². The van der Waals surface area contributed by atoms with Gasteiger partial charge in [-0.05, 0) is 52.0 Å². The molecule has 1 aliphatic heterocycles. The summed E-state index contributed by atoms with van der Waals surface area (Å²) in [5.41, 5.74) is 0.432. The number of halogens is 1. The molecule has 1 rings (SSSR count). The van der Waals surface area contributed by atoms with Crippen LogP contribution in [0.5, 0.6) is 0 Å². The molecule has 8 heteroatoms. The first-order valence-corrected chi connectivity index (χ1v) is 12.3. The molecule has 3 atom stereocenters. The van der Waals surface area contributed by atoms with Crippen molar-refractivity contribution >= 4 is 17.7 Å². The molecule has 0 bridgehead atoms. The van der Waals surface area contributed by atoms with Gasteiger partial charge < -0.3 is 15.5 Å². The normalized spacial score (nSPS) is 19.5. The van der Waals surface area contributed by atoms with Crippen LogP contribution in [-0.2, 0) is 14.4 Å². The van der Waals surface area contributed by atoms with Crippen LogP contribution < -0.4 is 10.6 Å². The minimum Gasteiger partial charge on any atom is -0.350 e. The summed E-state index contributed by atoms with van der Waals surface area (Å²) in [6.07, 6.45) is 4.63. The number of likely N-dealkylation sites (N-methyl/N-ethyl adjacent to an activating group) is 1. The van der Waals surface area contributed by atoms with Crippen molar-refractivity contribution in [2.45, 2.75) is 91.9 Å². The predicted octanol–water partition coefficient (Wildman–Crippen LogP) is 2.91. The second-order valence-electron chi connectivity index (χ2n) is 10.1. The van der Waals surface area contributed by atoms with Gasteiger partial charge in [-0.3, -0.25) is 19.3 Å². The lowest BCUT2D eigenvalue weighted by Gasteiger charge is -2.39. The number of rotatable bonds is 11. The topological polar surface area (TPSA) is 81.8 Å². The van der Waals surface area contributed by atoms with Crippen molar-refractivity contribution in [1.29, 1.82) is 0 Å². The van der Waals surface area contributed by atoms with Crippen LogP contribution in [-0.4, -0.2) is 78.5 Å². The predicted molar refractivity (Wildman–Crippen MR) is 130 cm³/mol. The van der Waals surface area contributed by atoms with Gasteiger partial charge in [0, 0.05) is 25.2 Å². The van der Waals surface area contributed by atoms with Gasteiger partial charge in [-0.15, -0.1) is 0 Å². The maximum Gasteiger partial charge on any atom is 0.246 e. The summed E-state index contributed by atoms with van der Waals surface area (Å²) in [7, 11) is 1.71. The quantitative estimate of drug-likeness (QED) is 0.457. The molecule has 0 spiro atoms. The van der Waals surface area contributed by atoms with Crippen LogP contribution in [0.2, 0.25) is 0 Å². The summed E-state index contributed by atoms with van der Waals surface area (Å²) in [6.45, 7) is 13.9. The van der Waals surface area contributed by atoms with E-state index in [0.717, 1.165) is 25.8 Å². The van der Waals surface area contributed by atoms with E-state index in [2.05, 4.69) is 29.4 Å². The number of amides is 3. The molecular weight excluding hydrogens is 423 g/mol. The van der Waals surface area contributed by atoms with Crippen molar-refractivity contribution in [3.05, 3.63) is 11.6 Å². The summed E-state index contributed by atoms with van der Waals surface area (Å²) in [5, 5.41) is 5.55. The highest BCUT2D eigenvalue weighted by atomic mass is 19.1. The molecule has 2 N–H and O–H groups in total. The van der Waals surface area contributed by atoms with Crippen molar-refractivity contribution in [3.8, 4) is 0 Å². The second-order valence-corrected chi connectivity index (χ2v) is 10.1. The Kier molecular flexibility index (Phi) is 12.0. The lowest BCUT2D eigenvalue weighted by atomic mass is 9.95. The van der Waals surface area contributed by atoms with Gasteiger partial charge in [-0.2, -0.15) is 0 Å². The Morgan fingerprint density at radius 2 is 1.73 bits per heavy atom. The maximum absolute atomic E-state index is 13.5. The number of piperidine rings is 1. The highest BCUT2D eigenvalue weighted by molar-refractivity contribution is 5.93. The zero-order chi connectivity index (χ0) is 25.3. The first kappa shape index (κ1) is 29.1. The average Bonchev–Trinajstić information content (AvgIpc) is 2.77. The van der Waals surface area contributed by atoms with Crippen LogP contribution in [0.1, 0.15) is 67.7 Å². The van der Waals surface area contributed by atoms with Crippen LogP contribution >= 0.6 is 0 Å². The van der Waals surface area contributed by atoms with E-state index >= 15 is 0 Å². The van der Waals surface area contributed by atoms with Gasteiger partial charge in [0.15, 0.2) is 0 Å². The molecule has 190 valence electrons. The van der Waals surface area contributed by atoms with E-state index in [9.17, 15) is 18.8 Å². The van der Waals surface area contributed by atoms with Crippen LogP contribution in [0.3, 0.4) is 0 Å². The second kappa shape index (κ2) is 13.7. The standard InChI is InChI=1S/C25H45FN4O3/c1-16(2)21(15-19(7)23(31)27-13-12-26)29(8)25(33)22(17(3)4)28-24(32)20-11-9-10-14-30(20)18(5)6/h15-18,20-22H,9-14H2,1-8H3,(H,27,31)(H,28,32)/b19-15+. The lowest BCUT2D eigenvalue weighted by molar-refractivity contribution is -0.140. The summed E-state index contributed by atoms with van der Waals surface area (Å²) in [4.78, 5) is 42.7. The lowest BCUT2D eigenvalue weighted by Crippen LogP contribution is -2.58. The average molecular weight is 469 g/mol. The molecule has 1 heterocycles. The fourth-order valence-electron chi connectivity index (χ4n) is 4.37. The van der Waals surface area contributed by atoms with Gasteiger partial charge >= 0.3 is 0 Å². The molecular formula is C25H45FN4O3. The Hall–Kier alpha value is -1.96. The van der Waals surface area contributed by atoms with Gasteiger partial charge in [0.05, 0.1) is 12.1 Å². The Morgan fingerprint density at radius 1 is 1.09 bits per heavy atom. The van der Waals surface area contributed by atoms with E-state index in [1.165, 1.54) is 0 Å². The van der Waals surface area contributed by atoms with Gasteiger partial charge in [-0.25, -0.2) is 4.39 Å². The molecule has 0 aromatic heterocycles. The van der Waals surface area contributed by atoms with E-state index in [4.69, 9.17) is 0 Å². The highest BCUT2D eigenvalue weighted by Gasteiger charge is 2.35. The van der Waals surface area contributed by atoms with Crippen molar-refractivity contribution in [2.24, 2.45) is 11.8 Å². The zero-order valence-electron chi connectivity index (χ0n) is 21.8. The number of hydrogen-bond donors (Lipinski definition) is 2.